The van der Waals surface area contributed by atoms with Crippen molar-refractivity contribution < 1.29 is 14.8 Å². The molecular formula is C12H31NO3S. The van der Waals surface area contributed by atoms with E-state index in [0.717, 1.165) is 38.2 Å². The van der Waals surface area contributed by atoms with Crippen LogP contribution >= 0.6 is 12.0 Å². The Morgan fingerprint density at radius 3 is 2.29 bits per heavy atom. The smallest absolute Gasteiger partial charge is 0.0594 e. The minimum absolute atomic E-state index is 0. The van der Waals surface area contributed by atoms with Gasteiger partial charge in [-0.15, -0.1) is 0 Å². The van der Waals surface area contributed by atoms with E-state index in [1.165, 1.54) is 19.3 Å². The van der Waals surface area contributed by atoms with E-state index >= 15 is 0 Å². The molecule has 0 aromatic carbocycles. The van der Waals surface area contributed by atoms with Crippen LogP contribution in [-0.4, -0.2) is 42.1 Å². The van der Waals surface area contributed by atoms with Crippen molar-refractivity contribution in [3.63, 3.8) is 0 Å². The summed E-state index contributed by atoms with van der Waals surface area (Å²) in [6, 6.07) is 0. The highest BCUT2D eigenvalue weighted by Crippen LogP contribution is 1.94. The van der Waals surface area contributed by atoms with Gasteiger partial charge < -0.3 is 20.1 Å². The lowest BCUT2D eigenvalue weighted by molar-refractivity contribution is 0.0657. The molecule has 0 radical (unpaired) electrons. The molecule has 0 aliphatic carbocycles. The predicted molar refractivity (Wildman–Crippen MR) is 77.9 cm³/mol. The molecule has 0 aromatic rings. The minimum atomic E-state index is 0. The first-order chi connectivity index (χ1) is 7.72. The zero-order valence-corrected chi connectivity index (χ0v) is 12.6. The Morgan fingerprint density at radius 1 is 1.24 bits per heavy atom. The molecule has 0 saturated heterocycles. The van der Waals surface area contributed by atoms with Crippen LogP contribution in [0.15, 0.2) is 0 Å². The standard InChI is InChI=1S/C11H25NO.CH4OS.H2O/c1-4-6-7-8-12-9-10-13-11(3)5-2;1-3-2;/h11-12H,4-10H2,1-3H3;2H,1H3;1H2/t11-;;/m0../s1. The van der Waals surface area contributed by atoms with Gasteiger partial charge in [-0.1, -0.05) is 26.7 Å². The summed E-state index contributed by atoms with van der Waals surface area (Å²) >= 11 is 0.750. The first kappa shape index (κ1) is 22.4. The van der Waals surface area contributed by atoms with Crippen LogP contribution in [0, 0.1) is 0 Å². The van der Waals surface area contributed by atoms with Gasteiger partial charge in [0.1, 0.15) is 0 Å². The second-order valence-electron chi connectivity index (χ2n) is 3.73. The Balaban J connectivity index is -0.000000440. The zero-order valence-electron chi connectivity index (χ0n) is 11.8. The van der Waals surface area contributed by atoms with Gasteiger partial charge in [-0.2, -0.15) is 0 Å². The molecule has 4 N–H and O–H groups in total. The SMILES string of the molecule is CCCCCNCCO[C@@H](C)CC.CSO.O. The summed E-state index contributed by atoms with van der Waals surface area (Å²) in [5.74, 6) is 0. The van der Waals surface area contributed by atoms with E-state index in [9.17, 15) is 0 Å². The molecule has 0 spiro atoms. The number of unbranched alkanes of at least 4 members (excludes halogenated alkanes) is 2. The van der Waals surface area contributed by atoms with Crippen molar-refractivity contribution in [2.24, 2.45) is 0 Å². The van der Waals surface area contributed by atoms with Crippen LogP contribution in [0.5, 0.6) is 0 Å². The Labute approximate surface area is 111 Å². The van der Waals surface area contributed by atoms with Crippen LogP contribution in [0.25, 0.3) is 0 Å². The van der Waals surface area contributed by atoms with Gasteiger partial charge in [0, 0.05) is 12.8 Å². The number of hydrogen-bond acceptors (Lipinski definition) is 4. The third-order valence-electron chi connectivity index (χ3n) is 2.21. The van der Waals surface area contributed by atoms with Crippen molar-refractivity contribution in [1.82, 2.24) is 5.32 Å². The number of rotatable bonds is 9. The zero-order chi connectivity index (χ0) is 12.6. The van der Waals surface area contributed by atoms with Gasteiger partial charge in [0.15, 0.2) is 0 Å². The third-order valence-corrected chi connectivity index (χ3v) is 2.21. The largest absolute Gasteiger partial charge is 0.412 e. The topological polar surface area (TPSA) is 73.0 Å². The number of nitrogens with one attached hydrogen (secondary N) is 1. The van der Waals surface area contributed by atoms with Crippen LogP contribution < -0.4 is 5.32 Å². The lowest BCUT2D eigenvalue weighted by Crippen LogP contribution is -2.22. The maximum Gasteiger partial charge on any atom is 0.0594 e. The van der Waals surface area contributed by atoms with Crippen molar-refractivity contribution in [1.29, 1.82) is 0 Å². The maximum absolute atomic E-state index is 7.49. The van der Waals surface area contributed by atoms with Gasteiger partial charge in [0.25, 0.3) is 0 Å². The van der Waals surface area contributed by atoms with Gasteiger partial charge in [-0.25, -0.2) is 0 Å². The monoisotopic (exact) mass is 269 g/mol. The molecule has 0 rings (SSSR count). The Kier molecular flexibility index (Phi) is 28.3. The summed E-state index contributed by atoms with van der Waals surface area (Å²) in [7, 11) is 0. The molecule has 1 atom stereocenters. The first-order valence-electron chi connectivity index (χ1n) is 6.22. The van der Waals surface area contributed by atoms with E-state index in [2.05, 4.69) is 26.1 Å². The van der Waals surface area contributed by atoms with Crippen molar-refractivity contribution in [3.05, 3.63) is 0 Å². The normalized spacial score (nSPS) is 11.1. The fourth-order valence-electron chi connectivity index (χ4n) is 1.08. The molecule has 0 amide bonds. The van der Waals surface area contributed by atoms with E-state index in [1.807, 2.05) is 0 Å². The Morgan fingerprint density at radius 2 is 1.82 bits per heavy atom. The lowest BCUT2D eigenvalue weighted by Gasteiger charge is -2.10. The summed E-state index contributed by atoms with van der Waals surface area (Å²) in [6.07, 6.45) is 7.04. The van der Waals surface area contributed by atoms with E-state index < -0.39 is 0 Å². The van der Waals surface area contributed by atoms with Crippen LogP contribution in [-0.2, 0) is 4.74 Å². The molecule has 4 nitrogen and oxygen atoms in total. The molecule has 17 heavy (non-hydrogen) atoms. The van der Waals surface area contributed by atoms with Gasteiger partial charge in [-0.3, -0.25) is 0 Å². The second-order valence-corrected chi connectivity index (χ2v) is 4.09. The molecule has 0 saturated carbocycles. The van der Waals surface area contributed by atoms with Gasteiger partial charge in [0.2, 0.25) is 0 Å². The molecule has 0 fully saturated rings. The molecule has 0 bridgehead atoms. The third kappa shape index (κ3) is 26.0. The molecule has 0 unspecified atom stereocenters. The fourth-order valence-corrected chi connectivity index (χ4v) is 1.08. The summed E-state index contributed by atoms with van der Waals surface area (Å²) in [5.41, 5.74) is 0. The average molecular weight is 269 g/mol. The summed E-state index contributed by atoms with van der Waals surface area (Å²) in [4.78, 5) is 0. The highest BCUT2D eigenvalue weighted by molar-refractivity contribution is 7.93. The summed E-state index contributed by atoms with van der Waals surface area (Å²) < 4.78 is 13.0. The van der Waals surface area contributed by atoms with E-state index in [4.69, 9.17) is 9.29 Å². The van der Waals surface area contributed by atoms with Crippen LogP contribution in [0.4, 0.5) is 0 Å². The fraction of sp³-hybridized carbons (Fsp3) is 1.00. The lowest BCUT2D eigenvalue weighted by atomic mass is 10.2. The molecule has 108 valence electrons. The molecular weight excluding hydrogens is 238 g/mol. The van der Waals surface area contributed by atoms with Crippen molar-refractivity contribution in [2.45, 2.75) is 52.6 Å². The molecule has 5 heteroatoms. The number of hydrogen-bond donors (Lipinski definition) is 2. The van der Waals surface area contributed by atoms with Crippen molar-refractivity contribution in [2.75, 3.05) is 26.0 Å². The second kappa shape index (κ2) is 21.5. The molecule has 0 aliphatic heterocycles. The van der Waals surface area contributed by atoms with Crippen LogP contribution in [0.3, 0.4) is 0 Å². The van der Waals surface area contributed by atoms with Crippen LogP contribution in [0.1, 0.15) is 46.5 Å². The highest BCUT2D eigenvalue weighted by atomic mass is 32.2. The van der Waals surface area contributed by atoms with E-state index in [1.54, 1.807) is 6.26 Å². The summed E-state index contributed by atoms with van der Waals surface area (Å²) in [5, 5.41) is 3.37. The van der Waals surface area contributed by atoms with Crippen molar-refractivity contribution >= 4 is 12.0 Å². The molecule has 0 heterocycles. The quantitative estimate of drug-likeness (QED) is 0.498. The predicted octanol–water partition coefficient (Wildman–Crippen LogP) is 2.58. The van der Waals surface area contributed by atoms with Gasteiger partial charge in [0.05, 0.1) is 12.7 Å². The minimum Gasteiger partial charge on any atom is -0.412 e. The van der Waals surface area contributed by atoms with E-state index in [-0.39, 0.29) is 5.48 Å². The Hall–Kier alpha value is 0.190. The van der Waals surface area contributed by atoms with Gasteiger partial charge >= 0.3 is 0 Å². The highest BCUT2D eigenvalue weighted by Gasteiger charge is 1.96. The van der Waals surface area contributed by atoms with E-state index in [0.29, 0.717) is 6.10 Å². The van der Waals surface area contributed by atoms with Gasteiger partial charge in [-0.05, 0) is 38.4 Å². The van der Waals surface area contributed by atoms with Crippen molar-refractivity contribution in [3.8, 4) is 0 Å². The number of ether oxygens (including phenoxy) is 1. The average Bonchev–Trinajstić information content (AvgIpc) is 2.28. The maximum atomic E-state index is 7.49. The van der Waals surface area contributed by atoms with Crippen LogP contribution in [0.2, 0.25) is 0 Å². The molecule has 0 aromatic heterocycles. The summed E-state index contributed by atoms with van der Waals surface area (Å²) in [6.45, 7) is 9.48. The molecule has 0 aliphatic rings. The Bertz CT molecular complexity index is 118. The first-order valence-corrected chi connectivity index (χ1v) is 7.40.